The lowest BCUT2D eigenvalue weighted by Gasteiger charge is -2.31. The third-order valence-electron chi connectivity index (χ3n) is 13.0. The van der Waals surface area contributed by atoms with Crippen LogP contribution in [0.2, 0.25) is 0 Å². The van der Waals surface area contributed by atoms with Gasteiger partial charge in [-0.05, 0) is 129 Å². The lowest BCUT2D eigenvalue weighted by atomic mass is 9.76. The summed E-state index contributed by atoms with van der Waals surface area (Å²) in [5.74, 6) is 9.21. The number of allylic oxidation sites excluding steroid dienone is 15. The van der Waals surface area contributed by atoms with Gasteiger partial charge in [0.2, 0.25) is 0 Å². The molecule has 1 aromatic heterocycles. The van der Waals surface area contributed by atoms with Crippen LogP contribution in [0.3, 0.4) is 0 Å². The number of aliphatic imine (C=N–C) groups is 1. The van der Waals surface area contributed by atoms with E-state index in [4.69, 9.17) is 14.8 Å². The highest BCUT2D eigenvalue weighted by atomic mass is 16.3. The Morgan fingerprint density at radius 2 is 1.94 bits per heavy atom. The molecule has 3 aromatic rings. The van der Waals surface area contributed by atoms with Crippen molar-refractivity contribution in [3.05, 3.63) is 172 Å². The van der Waals surface area contributed by atoms with Crippen molar-refractivity contribution in [2.75, 3.05) is 13.1 Å². The van der Waals surface area contributed by atoms with E-state index in [9.17, 15) is 5.41 Å². The molecule has 0 amide bonds. The van der Waals surface area contributed by atoms with E-state index in [1.54, 1.807) is 0 Å². The van der Waals surface area contributed by atoms with Crippen LogP contribution >= 0.6 is 0 Å². The van der Waals surface area contributed by atoms with Crippen molar-refractivity contribution in [1.82, 2.24) is 10.6 Å². The van der Waals surface area contributed by atoms with Crippen LogP contribution in [-0.4, -0.2) is 36.5 Å². The monoisotopic (exact) mass is 846 g/mol. The minimum atomic E-state index is 0.135. The summed E-state index contributed by atoms with van der Waals surface area (Å²) in [6.07, 6.45) is 44.6. The molecule has 0 aliphatic heterocycles. The minimum absolute atomic E-state index is 0.135. The van der Waals surface area contributed by atoms with Crippen molar-refractivity contribution >= 4 is 45.2 Å². The summed E-state index contributed by atoms with van der Waals surface area (Å²) in [7, 11) is 0. The summed E-state index contributed by atoms with van der Waals surface area (Å²) in [4.78, 5) is 5.01. The second-order valence-electron chi connectivity index (χ2n) is 17.9. The molecule has 8 rings (SSSR count). The third kappa shape index (κ3) is 11.1. The topological polar surface area (TPSA) is 97.3 Å². The van der Waals surface area contributed by atoms with E-state index >= 15 is 0 Å². The number of amidine groups is 2. The molecule has 0 saturated carbocycles. The van der Waals surface area contributed by atoms with Crippen molar-refractivity contribution in [2.45, 2.75) is 91.0 Å². The van der Waals surface area contributed by atoms with Gasteiger partial charge in [-0.3, -0.25) is 10.8 Å². The molecule has 0 saturated heterocycles. The molecule has 2 aromatic carbocycles. The van der Waals surface area contributed by atoms with E-state index in [0.717, 1.165) is 120 Å². The number of furan rings is 1. The van der Waals surface area contributed by atoms with Crippen molar-refractivity contribution < 1.29 is 4.42 Å². The number of nitrogens with one attached hydrogen (secondary N) is 4. The lowest BCUT2D eigenvalue weighted by Crippen LogP contribution is -2.43. The first-order valence-corrected chi connectivity index (χ1v) is 23.5. The SMILES string of the molecule is C/C=C\C=C/C[C@@H](CNC(=N)C1=Cc2c(oc3c2ccc2ccccc23)CC=C1C)NCC1C=CC[C@@H](C2=CC(C(/C=C/C3=CC#CCC3)=N/C(=N)C3=CCCCC=C3)=C[C@@H](C)C2)C1. The molecule has 5 aliphatic carbocycles. The smallest absolute Gasteiger partial charge is 0.152 e. The van der Waals surface area contributed by atoms with E-state index in [-0.39, 0.29) is 6.04 Å². The average molecular weight is 846 g/mol. The third-order valence-corrected chi connectivity index (χ3v) is 13.0. The molecule has 326 valence electrons. The van der Waals surface area contributed by atoms with Crippen LogP contribution in [0.15, 0.2) is 170 Å². The highest BCUT2D eigenvalue weighted by molar-refractivity contribution is 6.18. The molecule has 1 unspecified atom stereocenters. The van der Waals surface area contributed by atoms with Crippen LogP contribution in [-0.2, 0) is 6.42 Å². The van der Waals surface area contributed by atoms with Crippen LogP contribution in [0.25, 0.3) is 27.8 Å². The minimum Gasteiger partial charge on any atom is -0.459 e. The highest BCUT2D eigenvalue weighted by Gasteiger charge is 2.26. The van der Waals surface area contributed by atoms with E-state index in [0.29, 0.717) is 42.4 Å². The molecule has 0 spiro atoms. The molecule has 6 heteroatoms. The van der Waals surface area contributed by atoms with Crippen molar-refractivity contribution in [3.8, 4) is 11.8 Å². The van der Waals surface area contributed by atoms with Gasteiger partial charge in [0.15, 0.2) is 5.84 Å². The van der Waals surface area contributed by atoms with Crippen molar-refractivity contribution in [3.63, 3.8) is 0 Å². The zero-order chi connectivity index (χ0) is 44.3. The Kier molecular flexibility index (Phi) is 14.8. The second-order valence-corrected chi connectivity index (χ2v) is 17.9. The number of nitrogens with zero attached hydrogens (tertiary/aromatic N) is 1. The molecule has 6 nitrogen and oxygen atoms in total. The summed E-state index contributed by atoms with van der Waals surface area (Å²) in [5, 5.41) is 29.2. The number of rotatable bonds is 14. The zero-order valence-electron chi connectivity index (χ0n) is 37.9. The Balaban J connectivity index is 0.955. The fourth-order valence-corrected chi connectivity index (χ4v) is 9.46. The summed E-state index contributed by atoms with van der Waals surface area (Å²) in [5.41, 5.74) is 9.52. The Morgan fingerprint density at radius 1 is 1.03 bits per heavy atom. The van der Waals surface area contributed by atoms with Gasteiger partial charge < -0.3 is 15.1 Å². The fraction of sp³-hybridized carbons (Fsp3) is 0.328. The van der Waals surface area contributed by atoms with E-state index < -0.39 is 0 Å². The fourth-order valence-electron chi connectivity index (χ4n) is 9.46. The van der Waals surface area contributed by atoms with Crippen LogP contribution in [0.5, 0.6) is 0 Å². The molecular weight excluding hydrogens is 783 g/mol. The Morgan fingerprint density at radius 3 is 2.81 bits per heavy atom. The van der Waals surface area contributed by atoms with Crippen LogP contribution in [0, 0.1) is 40.4 Å². The number of hydrogen-bond donors (Lipinski definition) is 4. The average Bonchev–Trinajstić information content (AvgIpc) is 3.43. The summed E-state index contributed by atoms with van der Waals surface area (Å²) >= 11 is 0. The van der Waals surface area contributed by atoms with Gasteiger partial charge in [-0.15, -0.1) is 0 Å². The Labute approximate surface area is 380 Å². The number of fused-ring (bicyclic) bond motifs is 5. The normalized spacial score (nSPS) is 21.9. The molecule has 0 fully saturated rings. The highest BCUT2D eigenvalue weighted by Crippen LogP contribution is 2.38. The first kappa shape index (κ1) is 44.3. The first-order valence-electron chi connectivity index (χ1n) is 23.5. The summed E-state index contributed by atoms with van der Waals surface area (Å²) in [6.45, 7) is 7.94. The van der Waals surface area contributed by atoms with Gasteiger partial charge in [0.25, 0.3) is 0 Å². The molecule has 0 bridgehead atoms. The maximum Gasteiger partial charge on any atom is 0.152 e. The quantitative estimate of drug-likeness (QED) is 0.0428. The van der Waals surface area contributed by atoms with Gasteiger partial charge >= 0.3 is 0 Å². The maximum atomic E-state index is 9.32. The lowest BCUT2D eigenvalue weighted by molar-refractivity contribution is 0.386. The van der Waals surface area contributed by atoms with Gasteiger partial charge in [-0.2, -0.15) is 0 Å². The molecule has 64 heavy (non-hydrogen) atoms. The van der Waals surface area contributed by atoms with E-state index in [2.05, 4.69) is 164 Å². The van der Waals surface area contributed by atoms with Gasteiger partial charge in [0, 0.05) is 59.5 Å². The zero-order valence-corrected chi connectivity index (χ0v) is 37.9. The number of hydrogen-bond acceptors (Lipinski definition) is 4. The molecule has 4 atom stereocenters. The Hall–Kier alpha value is -6.29. The maximum absolute atomic E-state index is 9.32. The Bertz CT molecular complexity index is 2720. The molecular formula is C58H63N5O. The first-order chi connectivity index (χ1) is 31.3. The van der Waals surface area contributed by atoms with E-state index in [1.165, 1.54) is 16.5 Å². The molecule has 0 radical (unpaired) electrons. The summed E-state index contributed by atoms with van der Waals surface area (Å²) < 4.78 is 6.51. The van der Waals surface area contributed by atoms with Gasteiger partial charge in [-0.25, -0.2) is 4.99 Å². The van der Waals surface area contributed by atoms with Crippen LogP contribution in [0.1, 0.15) is 89.9 Å². The summed E-state index contributed by atoms with van der Waals surface area (Å²) in [6, 6.07) is 12.8. The van der Waals surface area contributed by atoms with Gasteiger partial charge in [0.05, 0.1) is 5.71 Å². The molecule has 5 aliphatic rings. The van der Waals surface area contributed by atoms with Crippen molar-refractivity contribution in [1.29, 1.82) is 10.8 Å². The predicted octanol–water partition coefficient (Wildman–Crippen LogP) is 13.4. The standard InChI is InChI=1S/C58H63N5O/c1-4-5-6-14-25-49(39-62-58(60)52-37-53-51-30-29-44-21-15-16-26-50(44)56(51)64-55(53)32-27-41(52)3)61-38-43-20-17-24-46(35-43)47-33-40(2)34-48(36-47)54(31-28-42-18-10-9-11-19-42)63-57(59)45-22-12-7-8-13-23-45/h4-6,12,14-17,19-23,26-31,34,36-37,40,43,46,49,59,61H,7-8,10,13,18,24-25,32-33,35,38-39H2,1-3H3,(H2,60,62)/b5-4-,14-6-,31-28+,59-57?,63-54+/t40-,43?,46+,49-/m0/s1. The van der Waals surface area contributed by atoms with Crippen molar-refractivity contribution in [2.24, 2.45) is 22.7 Å². The van der Waals surface area contributed by atoms with Crippen LogP contribution in [0.4, 0.5) is 0 Å². The largest absolute Gasteiger partial charge is 0.459 e. The van der Waals surface area contributed by atoms with Gasteiger partial charge in [-0.1, -0.05) is 134 Å². The van der Waals surface area contributed by atoms with Gasteiger partial charge in [0.1, 0.15) is 17.2 Å². The molecule has 1 heterocycles. The molecule has 4 N–H and O–H groups in total. The van der Waals surface area contributed by atoms with E-state index in [1.807, 2.05) is 13.0 Å². The second kappa shape index (κ2) is 21.4. The number of benzene rings is 2. The predicted molar refractivity (Wildman–Crippen MR) is 271 cm³/mol. The van der Waals surface area contributed by atoms with Crippen LogP contribution < -0.4 is 10.6 Å².